The lowest BCUT2D eigenvalue weighted by Gasteiger charge is -2.21. The van der Waals surface area contributed by atoms with Crippen LogP contribution in [0.1, 0.15) is 18.4 Å². The van der Waals surface area contributed by atoms with Gasteiger partial charge in [0, 0.05) is 6.54 Å². The van der Waals surface area contributed by atoms with Crippen LogP contribution in [0.25, 0.3) is 0 Å². The fraction of sp³-hybridized carbons (Fsp3) is 0.455. The number of hydrogen-bond donors (Lipinski definition) is 2. The summed E-state index contributed by atoms with van der Waals surface area (Å²) in [5.74, 6) is -0.610. The summed E-state index contributed by atoms with van der Waals surface area (Å²) >= 11 is 0. The first-order chi connectivity index (χ1) is 7.86. The molecule has 2 rings (SSSR count). The van der Waals surface area contributed by atoms with Crippen LogP contribution in [-0.4, -0.2) is 11.7 Å². The fourth-order valence-electron chi connectivity index (χ4n) is 1.69. The Morgan fingerprint density at radius 3 is 2.47 bits per heavy atom. The number of hydrogen-bond acceptors (Lipinski definition) is 2. The van der Waals surface area contributed by atoms with E-state index in [0.717, 1.165) is 0 Å². The molecule has 1 aromatic carbocycles. The third kappa shape index (κ3) is 2.22. The van der Waals surface area contributed by atoms with Crippen molar-refractivity contribution in [2.45, 2.75) is 31.1 Å². The molecule has 1 aromatic rings. The molecule has 1 aliphatic carbocycles. The Labute approximate surface area is 95.8 Å². The SMILES string of the molecule is Nc1c(F)cccc1CNC1(C(F)(F)F)CC1. The standard InChI is InChI=1S/C11H12F4N2/c12-8-3-1-2-7(9(8)16)6-17-10(4-5-10)11(13,14)15/h1-3,17H,4-6,16H2. The summed E-state index contributed by atoms with van der Waals surface area (Å²) in [6.07, 6.45) is -4.15. The zero-order valence-electron chi connectivity index (χ0n) is 8.94. The van der Waals surface area contributed by atoms with Crippen molar-refractivity contribution in [1.29, 1.82) is 0 Å². The lowest BCUT2D eigenvalue weighted by Crippen LogP contribution is -2.44. The molecule has 0 atom stereocenters. The predicted molar refractivity (Wildman–Crippen MR) is 55.7 cm³/mol. The highest BCUT2D eigenvalue weighted by molar-refractivity contribution is 5.47. The molecule has 6 heteroatoms. The zero-order chi connectivity index (χ0) is 12.7. The van der Waals surface area contributed by atoms with Crippen molar-refractivity contribution < 1.29 is 17.6 Å². The summed E-state index contributed by atoms with van der Waals surface area (Å²) in [5.41, 5.74) is 3.89. The molecule has 0 saturated heterocycles. The van der Waals surface area contributed by atoms with Crippen LogP contribution in [0, 0.1) is 5.82 Å². The number of rotatable bonds is 3. The van der Waals surface area contributed by atoms with Gasteiger partial charge < -0.3 is 5.73 Å². The highest BCUT2D eigenvalue weighted by Crippen LogP contribution is 2.49. The van der Waals surface area contributed by atoms with E-state index in [1.165, 1.54) is 18.2 Å². The first-order valence-electron chi connectivity index (χ1n) is 5.20. The largest absolute Gasteiger partial charge is 0.406 e. The van der Waals surface area contributed by atoms with E-state index in [4.69, 9.17) is 5.73 Å². The maximum atomic E-state index is 13.1. The number of alkyl halides is 3. The number of nitrogen functional groups attached to an aromatic ring is 1. The maximum absolute atomic E-state index is 13.1. The number of nitrogens with one attached hydrogen (secondary N) is 1. The van der Waals surface area contributed by atoms with Crippen molar-refractivity contribution in [1.82, 2.24) is 5.32 Å². The van der Waals surface area contributed by atoms with Gasteiger partial charge in [-0.2, -0.15) is 13.2 Å². The van der Waals surface area contributed by atoms with Crippen LogP contribution in [-0.2, 0) is 6.54 Å². The average Bonchev–Trinajstić information content (AvgIpc) is 3.00. The van der Waals surface area contributed by atoms with Crippen LogP contribution in [0.5, 0.6) is 0 Å². The Balaban J connectivity index is 2.06. The normalized spacial score (nSPS) is 18.1. The molecule has 1 aliphatic rings. The predicted octanol–water partition coefficient (Wildman–Crippen LogP) is 2.59. The minimum Gasteiger partial charge on any atom is -0.396 e. The quantitative estimate of drug-likeness (QED) is 0.637. The molecule has 0 heterocycles. The van der Waals surface area contributed by atoms with Crippen LogP contribution in [0.15, 0.2) is 18.2 Å². The molecule has 0 amide bonds. The summed E-state index contributed by atoms with van der Waals surface area (Å²) in [5, 5.41) is 2.42. The highest BCUT2D eigenvalue weighted by Gasteiger charge is 2.62. The van der Waals surface area contributed by atoms with Gasteiger partial charge in [-0.1, -0.05) is 12.1 Å². The smallest absolute Gasteiger partial charge is 0.396 e. The van der Waals surface area contributed by atoms with Crippen molar-refractivity contribution in [2.24, 2.45) is 0 Å². The fourth-order valence-corrected chi connectivity index (χ4v) is 1.69. The first-order valence-corrected chi connectivity index (χ1v) is 5.20. The molecule has 1 fully saturated rings. The summed E-state index contributed by atoms with van der Waals surface area (Å²) < 4.78 is 50.9. The Morgan fingerprint density at radius 2 is 1.94 bits per heavy atom. The van der Waals surface area contributed by atoms with Crippen LogP contribution in [0.3, 0.4) is 0 Å². The second-order valence-corrected chi connectivity index (χ2v) is 4.25. The Bertz CT molecular complexity index is 424. The zero-order valence-corrected chi connectivity index (χ0v) is 8.94. The Hall–Kier alpha value is -1.30. The van der Waals surface area contributed by atoms with Crippen molar-refractivity contribution in [3.05, 3.63) is 29.6 Å². The third-order valence-corrected chi connectivity index (χ3v) is 3.05. The number of benzene rings is 1. The monoisotopic (exact) mass is 248 g/mol. The molecule has 94 valence electrons. The van der Waals surface area contributed by atoms with Gasteiger partial charge >= 0.3 is 6.18 Å². The minimum absolute atomic E-state index is 0.0612. The van der Waals surface area contributed by atoms with E-state index in [1.807, 2.05) is 0 Å². The molecule has 1 saturated carbocycles. The van der Waals surface area contributed by atoms with Crippen molar-refractivity contribution >= 4 is 5.69 Å². The maximum Gasteiger partial charge on any atom is 0.406 e. The lowest BCUT2D eigenvalue weighted by atomic mass is 10.1. The molecule has 0 aromatic heterocycles. The summed E-state index contributed by atoms with van der Waals surface area (Å²) in [6, 6.07) is 4.11. The van der Waals surface area contributed by atoms with Gasteiger partial charge in [-0.05, 0) is 24.5 Å². The van der Waals surface area contributed by atoms with E-state index < -0.39 is 17.5 Å². The van der Waals surface area contributed by atoms with Crippen molar-refractivity contribution in [3.63, 3.8) is 0 Å². The average molecular weight is 248 g/mol. The molecule has 3 N–H and O–H groups in total. The van der Waals surface area contributed by atoms with Crippen molar-refractivity contribution in [3.8, 4) is 0 Å². The second kappa shape index (κ2) is 3.87. The number of halogens is 4. The molecule has 0 unspecified atom stereocenters. The van der Waals surface area contributed by atoms with Gasteiger partial charge in [0.1, 0.15) is 11.4 Å². The van der Waals surface area contributed by atoms with Crippen LogP contribution in [0.4, 0.5) is 23.2 Å². The Kier molecular flexibility index (Phi) is 2.77. The van der Waals surface area contributed by atoms with Crippen molar-refractivity contribution in [2.75, 3.05) is 5.73 Å². The van der Waals surface area contributed by atoms with E-state index in [2.05, 4.69) is 5.32 Å². The Morgan fingerprint density at radius 1 is 1.29 bits per heavy atom. The number of para-hydroxylation sites is 1. The number of anilines is 1. The van der Waals surface area contributed by atoms with E-state index in [9.17, 15) is 17.6 Å². The van der Waals surface area contributed by atoms with Gasteiger partial charge in [-0.25, -0.2) is 4.39 Å². The molecule has 17 heavy (non-hydrogen) atoms. The molecule has 2 nitrogen and oxygen atoms in total. The van der Waals surface area contributed by atoms with Crippen LogP contribution < -0.4 is 11.1 Å². The van der Waals surface area contributed by atoms with Gasteiger partial charge in [0.05, 0.1) is 5.69 Å². The van der Waals surface area contributed by atoms with Crippen LogP contribution >= 0.6 is 0 Å². The van der Waals surface area contributed by atoms with E-state index in [0.29, 0.717) is 5.56 Å². The molecule has 0 bridgehead atoms. The van der Waals surface area contributed by atoms with E-state index in [1.54, 1.807) is 0 Å². The molecule has 0 radical (unpaired) electrons. The van der Waals surface area contributed by atoms with Crippen LogP contribution in [0.2, 0.25) is 0 Å². The van der Waals surface area contributed by atoms with Gasteiger partial charge in [0.2, 0.25) is 0 Å². The number of nitrogens with two attached hydrogens (primary N) is 1. The van der Waals surface area contributed by atoms with Gasteiger partial charge in [0.15, 0.2) is 0 Å². The molecule has 0 spiro atoms. The highest BCUT2D eigenvalue weighted by atomic mass is 19.4. The molecular weight excluding hydrogens is 236 g/mol. The second-order valence-electron chi connectivity index (χ2n) is 4.25. The van der Waals surface area contributed by atoms with E-state index >= 15 is 0 Å². The first kappa shape index (κ1) is 12.2. The topological polar surface area (TPSA) is 38.0 Å². The minimum atomic E-state index is -4.27. The van der Waals surface area contributed by atoms with Gasteiger partial charge in [0.25, 0.3) is 0 Å². The summed E-state index contributed by atoms with van der Waals surface area (Å²) in [6.45, 7) is -0.0803. The summed E-state index contributed by atoms with van der Waals surface area (Å²) in [7, 11) is 0. The van der Waals surface area contributed by atoms with Gasteiger partial charge in [-0.15, -0.1) is 0 Å². The molecule has 0 aliphatic heterocycles. The molecular formula is C11H12F4N2. The van der Waals surface area contributed by atoms with Gasteiger partial charge in [-0.3, -0.25) is 5.32 Å². The lowest BCUT2D eigenvalue weighted by molar-refractivity contribution is -0.166. The van der Waals surface area contributed by atoms with E-state index in [-0.39, 0.29) is 25.1 Å². The summed E-state index contributed by atoms with van der Waals surface area (Å²) in [4.78, 5) is 0. The third-order valence-electron chi connectivity index (χ3n) is 3.05.